The topological polar surface area (TPSA) is 32.6 Å². The third kappa shape index (κ3) is 3.44. The molecule has 0 atom stereocenters. The van der Waals surface area contributed by atoms with Gasteiger partial charge in [-0.1, -0.05) is 30.9 Å². The molecule has 2 aromatic rings. The van der Waals surface area contributed by atoms with Crippen LogP contribution < -0.4 is 5.32 Å². The number of rotatable bonds is 5. The van der Waals surface area contributed by atoms with Crippen molar-refractivity contribution in [2.75, 3.05) is 19.6 Å². The summed E-state index contributed by atoms with van der Waals surface area (Å²) in [5.41, 5.74) is 3.68. The Labute approximate surface area is 155 Å². The van der Waals surface area contributed by atoms with Crippen molar-refractivity contribution in [3.8, 4) is 0 Å². The minimum Gasteiger partial charge on any atom is -0.309 e. The first kappa shape index (κ1) is 17.3. The maximum atomic E-state index is 6.19. The summed E-state index contributed by atoms with van der Waals surface area (Å²) in [5, 5.41) is 4.53. The van der Waals surface area contributed by atoms with E-state index in [1.807, 2.05) is 18.3 Å². The number of aromatic nitrogens is 2. The summed E-state index contributed by atoms with van der Waals surface area (Å²) in [5.74, 6) is 0. The molecule has 1 aliphatic heterocycles. The molecule has 0 unspecified atom stereocenters. The summed E-state index contributed by atoms with van der Waals surface area (Å²) >= 11 is 6.19. The number of hydrogen-bond donors (Lipinski definition) is 1. The van der Waals surface area contributed by atoms with Crippen LogP contribution in [-0.4, -0.2) is 39.5 Å². The SMILES string of the molecule is Cc1nc2ccc(Cl)cn2c1CNCC1(N2CCCCC2)CCCC1. The Balaban J connectivity index is 1.47. The molecule has 1 saturated heterocycles. The number of piperidine rings is 1. The van der Waals surface area contributed by atoms with Crippen LogP contribution in [0.25, 0.3) is 5.65 Å². The number of hydrogen-bond acceptors (Lipinski definition) is 3. The average Bonchev–Trinajstić information content (AvgIpc) is 3.22. The van der Waals surface area contributed by atoms with E-state index in [0.29, 0.717) is 5.54 Å². The van der Waals surface area contributed by atoms with Crippen LogP contribution in [0.3, 0.4) is 0 Å². The second-order valence-electron chi connectivity index (χ2n) is 7.80. The highest BCUT2D eigenvalue weighted by atomic mass is 35.5. The Hall–Kier alpha value is -1.10. The third-order valence-electron chi connectivity index (χ3n) is 6.19. The van der Waals surface area contributed by atoms with E-state index in [1.165, 1.54) is 63.7 Å². The fraction of sp³-hybridized carbons (Fsp3) is 0.650. The first-order chi connectivity index (χ1) is 12.2. The summed E-state index contributed by atoms with van der Waals surface area (Å²) < 4.78 is 2.13. The maximum absolute atomic E-state index is 6.19. The van der Waals surface area contributed by atoms with Crippen LogP contribution in [0, 0.1) is 6.92 Å². The quantitative estimate of drug-likeness (QED) is 0.867. The molecule has 5 heteroatoms. The van der Waals surface area contributed by atoms with Crippen LogP contribution in [-0.2, 0) is 6.54 Å². The van der Waals surface area contributed by atoms with Gasteiger partial charge in [0.2, 0.25) is 0 Å². The van der Waals surface area contributed by atoms with Gasteiger partial charge in [-0.3, -0.25) is 4.90 Å². The highest BCUT2D eigenvalue weighted by Crippen LogP contribution is 2.36. The molecule has 2 aromatic heterocycles. The van der Waals surface area contributed by atoms with E-state index in [9.17, 15) is 0 Å². The Kier molecular flexibility index (Phi) is 5.03. The van der Waals surface area contributed by atoms with Gasteiger partial charge in [0.05, 0.1) is 16.4 Å². The minimum absolute atomic E-state index is 0.381. The summed E-state index contributed by atoms with van der Waals surface area (Å²) in [7, 11) is 0. The van der Waals surface area contributed by atoms with E-state index >= 15 is 0 Å². The Morgan fingerprint density at radius 2 is 1.88 bits per heavy atom. The van der Waals surface area contributed by atoms with Crippen molar-refractivity contribution in [3.05, 3.63) is 34.7 Å². The lowest BCUT2D eigenvalue weighted by atomic mass is 9.92. The van der Waals surface area contributed by atoms with E-state index in [4.69, 9.17) is 11.6 Å². The van der Waals surface area contributed by atoms with Crippen molar-refractivity contribution in [3.63, 3.8) is 0 Å². The number of halogens is 1. The van der Waals surface area contributed by atoms with Crippen LogP contribution in [0.15, 0.2) is 18.3 Å². The smallest absolute Gasteiger partial charge is 0.137 e. The highest BCUT2D eigenvalue weighted by Gasteiger charge is 2.39. The second kappa shape index (κ2) is 7.26. The second-order valence-corrected chi connectivity index (χ2v) is 8.24. The molecule has 0 aromatic carbocycles. The van der Waals surface area contributed by atoms with Crippen LogP contribution >= 0.6 is 11.6 Å². The first-order valence-corrected chi connectivity index (χ1v) is 10.1. The predicted molar refractivity (Wildman–Crippen MR) is 103 cm³/mol. The summed E-state index contributed by atoms with van der Waals surface area (Å²) in [6.07, 6.45) is 11.6. The Bertz CT molecular complexity index is 727. The molecule has 136 valence electrons. The number of aryl methyl sites for hydroxylation is 1. The first-order valence-electron chi connectivity index (χ1n) is 9.77. The van der Waals surface area contributed by atoms with Gasteiger partial charge in [-0.25, -0.2) is 4.98 Å². The number of fused-ring (bicyclic) bond motifs is 1. The van der Waals surface area contributed by atoms with Gasteiger partial charge in [0.15, 0.2) is 0 Å². The predicted octanol–water partition coefficient (Wildman–Crippen LogP) is 4.18. The molecule has 3 heterocycles. The zero-order valence-electron chi connectivity index (χ0n) is 15.2. The normalized spacial score (nSPS) is 21.2. The molecular weight excluding hydrogens is 332 g/mol. The fourth-order valence-electron chi connectivity index (χ4n) is 4.82. The molecule has 25 heavy (non-hydrogen) atoms. The molecular formula is C20H29ClN4. The molecule has 1 N–H and O–H groups in total. The number of pyridine rings is 1. The standard InChI is InChI=1S/C20H29ClN4/c1-16-18(25-14-17(21)7-8-19(25)23-16)13-22-15-20(9-3-4-10-20)24-11-5-2-6-12-24/h7-8,14,22H,2-6,9-13,15H2,1H3. The maximum Gasteiger partial charge on any atom is 0.137 e. The molecule has 4 nitrogen and oxygen atoms in total. The largest absolute Gasteiger partial charge is 0.309 e. The number of likely N-dealkylation sites (tertiary alicyclic amines) is 1. The molecule has 1 aliphatic carbocycles. The van der Waals surface area contributed by atoms with E-state index in [-0.39, 0.29) is 0 Å². The average molecular weight is 361 g/mol. The van der Waals surface area contributed by atoms with E-state index in [2.05, 4.69) is 26.5 Å². The van der Waals surface area contributed by atoms with Crippen LogP contribution in [0.1, 0.15) is 56.3 Å². The zero-order chi connectivity index (χ0) is 17.3. The lowest BCUT2D eigenvalue weighted by Crippen LogP contribution is -2.54. The van der Waals surface area contributed by atoms with Gasteiger partial charge < -0.3 is 9.72 Å². The molecule has 2 aliphatic rings. The monoisotopic (exact) mass is 360 g/mol. The Morgan fingerprint density at radius 1 is 1.12 bits per heavy atom. The molecule has 2 fully saturated rings. The molecule has 1 saturated carbocycles. The van der Waals surface area contributed by atoms with Crippen LogP contribution in [0.4, 0.5) is 0 Å². The summed E-state index contributed by atoms with van der Waals surface area (Å²) in [6.45, 7) is 6.59. The third-order valence-corrected chi connectivity index (χ3v) is 6.41. The highest BCUT2D eigenvalue weighted by molar-refractivity contribution is 6.30. The van der Waals surface area contributed by atoms with Crippen molar-refractivity contribution < 1.29 is 0 Å². The molecule has 0 amide bonds. The van der Waals surface area contributed by atoms with Gasteiger partial charge >= 0.3 is 0 Å². The van der Waals surface area contributed by atoms with E-state index in [1.54, 1.807) is 0 Å². The van der Waals surface area contributed by atoms with Gasteiger partial charge in [0.25, 0.3) is 0 Å². The zero-order valence-corrected chi connectivity index (χ0v) is 16.0. The van der Waals surface area contributed by atoms with Gasteiger partial charge in [-0.05, 0) is 57.8 Å². The molecule has 0 bridgehead atoms. The van der Waals surface area contributed by atoms with E-state index in [0.717, 1.165) is 29.5 Å². The van der Waals surface area contributed by atoms with Gasteiger partial charge in [0, 0.05) is 24.8 Å². The van der Waals surface area contributed by atoms with Crippen LogP contribution in [0.2, 0.25) is 5.02 Å². The summed E-state index contributed by atoms with van der Waals surface area (Å²) in [4.78, 5) is 7.45. The molecule has 4 rings (SSSR count). The Morgan fingerprint density at radius 3 is 2.64 bits per heavy atom. The van der Waals surface area contributed by atoms with Crippen molar-refractivity contribution in [2.24, 2.45) is 0 Å². The molecule has 0 radical (unpaired) electrons. The van der Waals surface area contributed by atoms with E-state index < -0.39 is 0 Å². The van der Waals surface area contributed by atoms with Crippen molar-refractivity contribution in [2.45, 2.75) is 64.0 Å². The van der Waals surface area contributed by atoms with Gasteiger partial charge in [0.1, 0.15) is 5.65 Å². The number of imidazole rings is 1. The molecule has 0 spiro atoms. The minimum atomic E-state index is 0.381. The lowest BCUT2D eigenvalue weighted by Gasteiger charge is -2.44. The summed E-state index contributed by atoms with van der Waals surface area (Å²) in [6, 6.07) is 3.90. The lowest BCUT2D eigenvalue weighted by molar-refractivity contribution is 0.0695. The van der Waals surface area contributed by atoms with Gasteiger partial charge in [-0.15, -0.1) is 0 Å². The fourth-order valence-corrected chi connectivity index (χ4v) is 4.98. The van der Waals surface area contributed by atoms with Crippen molar-refractivity contribution in [1.29, 1.82) is 0 Å². The van der Waals surface area contributed by atoms with Crippen molar-refractivity contribution >= 4 is 17.2 Å². The number of nitrogens with zero attached hydrogens (tertiary/aromatic N) is 3. The van der Waals surface area contributed by atoms with Crippen molar-refractivity contribution in [1.82, 2.24) is 19.6 Å². The number of nitrogens with one attached hydrogen (secondary N) is 1. The van der Waals surface area contributed by atoms with Crippen LogP contribution in [0.5, 0.6) is 0 Å². The van der Waals surface area contributed by atoms with Gasteiger partial charge in [-0.2, -0.15) is 0 Å².